The van der Waals surface area contributed by atoms with E-state index in [9.17, 15) is 0 Å². The van der Waals surface area contributed by atoms with Crippen molar-refractivity contribution in [1.29, 1.82) is 0 Å². The minimum absolute atomic E-state index is 0.595. The Kier molecular flexibility index (Phi) is 1.03. The molecule has 0 bridgehead atoms. The Balaban J connectivity index is 2.13. The number of rotatable bonds is 0. The van der Waals surface area contributed by atoms with Gasteiger partial charge in [-0.3, -0.25) is 0 Å². The summed E-state index contributed by atoms with van der Waals surface area (Å²) in [5.41, 5.74) is 0. The zero-order chi connectivity index (χ0) is 5.78. The Labute approximate surface area is 55.2 Å². The molecule has 0 saturated heterocycles. The van der Waals surface area contributed by atoms with E-state index in [1.807, 2.05) is 0 Å². The van der Waals surface area contributed by atoms with Gasteiger partial charge in [0.1, 0.15) is 0 Å². The number of fused-ring (bicyclic) bond motifs is 1. The summed E-state index contributed by atoms with van der Waals surface area (Å²) in [5, 5.41) is 0. The Morgan fingerprint density at radius 3 is 1.88 bits per heavy atom. The SMILES string of the molecule is PC1(P)C2CCCC21. The largest absolute Gasteiger partial charge is 0.126 e. The van der Waals surface area contributed by atoms with Crippen molar-refractivity contribution in [2.45, 2.75) is 24.2 Å². The molecule has 0 spiro atoms. The third-order valence-electron chi connectivity index (χ3n) is 2.69. The predicted octanol–water partition coefficient (Wildman–Crippen LogP) is 1.86. The number of hydrogen-bond acceptors (Lipinski definition) is 0. The van der Waals surface area contributed by atoms with Crippen molar-refractivity contribution in [3.63, 3.8) is 0 Å². The van der Waals surface area contributed by atoms with Gasteiger partial charge in [-0.1, -0.05) is 6.42 Å². The molecule has 8 heavy (non-hydrogen) atoms. The van der Waals surface area contributed by atoms with Crippen LogP contribution >= 0.6 is 18.5 Å². The first-order valence-electron chi connectivity index (χ1n) is 3.30. The maximum Gasteiger partial charge on any atom is 0.00550 e. The fourth-order valence-electron chi connectivity index (χ4n) is 2.05. The molecule has 2 aliphatic rings. The summed E-state index contributed by atoms with van der Waals surface area (Å²) in [6.07, 6.45) is 4.45. The van der Waals surface area contributed by atoms with E-state index in [-0.39, 0.29) is 0 Å². The van der Waals surface area contributed by atoms with Crippen molar-refractivity contribution in [3.05, 3.63) is 0 Å². The van der Waals surface area contributed by atoms with E-state index in [0.717, 1.165) is 11.8 Å². The van der Waals surface area contributed by atoms with Crippen LogP contribution in [0.4, 0.5) is 0 Å². The maximum atomic E-state index is 2.96. The molecule has 2 aliphatic carbocycles. The molecule has 0 N–H and O–H groups in total. The summed E-state index contributed by atoms with van der Waals surface area (Å²) in [5.74, 6) is 2.11. The van der Waals surface area contributed by atoms with Crippen molar-refractivity contribution >= 4 is 18.5 Å². The molecule has 4 atom stereocenters. The minimum atomic E-state index is 0.595. The first kappa shape index (κ1) is 5.63. The minimum Gasteiger partial charge on any atom is -0.126 e. The van der Waals surface area contributed by atoms with Crippen LogP contribution in [0.2, 0.25) is 0 Å². The highest BCUT2D eigenvalue weighted by atomic mass is 31.1. The Bertz CT molecular complexity index is 108. The first-order valence-corrected chi connectivity index (χ1v) is 4.46. The standard InChI is InChI=1S/C6H12P2/c7-6(8)4-2-1-3-5(4)6/h4-5H,1-3,7-8H2. The molecule has 0 aromatic heterocycles. The van der Waals surface area contributed by atoms with Crippen LogP contribution in [0.25, 0.3) is 0 Å². The highest BCUT2D eigenvalue weighted by Crippen LogP contribution is 2.69. The van der Waals surface area contributed by atoms with Crippen molar-refractivity contribution in [3.8, 4) is 0 Å². The molecule has 2 rings (SSSR count). The molecule has 0 radical (unpaired) electrons. The van der Waals surface area contributed by atoms with Crippen LogP contribution in [0.3, 0.4) is 0 Å². The normalized spacial score (nSPS) is 48.8. The summed E-state index contributed by atoms with van der Waals surface area (Å²) in [6, 6.07) is 0. The van der Waals surface area contributed by atoms with Gasteiger partial charge in [0.05, 0.1) is 0 Å². The van der Waals surface area contributed by atoms with E-state index >= 15 is 0 Å². The topological polar surface area (TPSA) is 0 Å². The van der Waals surface area contributed by atoms with Gasteiger partial charge in [-0.2, -0.15) is 0 Å². The molecule has 0 aromatic carbocycles. The summed E-state index contributed by atoms with van der Waals surface area (Å²) < 4.78 is 0. The Hall–Kier alpha value is 0.860. The lowest BCUT2D eigenvalue weighted by Gasteiger charge is -2.04. The predicted molar refractivity (Wildman–Crippen MR) is 43.0 cm³/mol. The van der Waals surface area contributed by atoms with Crippen molar-refractivity contribution in [2.75, 3.05) is 0 Å². The Morgan fingerprint density at radius 1 is 1.12 bits per heavy atom. The zero-order valence-corrected chi connectivity index (χ0v) is 7.24. The molecule has 2 heteroatoms. The van der Waals surface area contributed by atoms with Gasteiger partial charge in [0.2, 0.25) is 0 Å². The van der Waals surface area contributed by atoms with Gasteiger partial charge in [0.15, 0.2) is 0 Å². The van der Waals surface area contributed by atoms with Gasteiger partial charge < -0.3 is 0 Å². The molecule has 0 amide bonds. The Morgan fingerprint density at radius 2 is 1.62 bits per heavy atom. The van der Waals surface area contributed by atoms with Crippen LogP contribution in [0.5, 0.6) is 0 Å². The molecular formula is C6H12P2. The van der Waals surface area contributed by atoms with Crippen molar-refractivity contribution in [1.82, 2.24) is 0 Å². The van der Waals surface area contributed by atoms with E-state index in [2.05, 4.69) is 18.5 Å². The van der Waals surface area contributed by atoms with E-state index in [1.54, 1.807) is 0 Å². The van der Waals surface area contributed by atoms with Gasteiger partial charge in [-0.15, -0.1) is 18.5 Å². The molecular weight excluding hydrogens is 134 g/mol. The number of hydrogen-bond donors (Lipinski definition) is 0. The molecule has 0 nitrogen and oxygen atoms in total. The van der Waals surface area contributed by atoms with E-state index in [1.165, 1.54) is 19.3 Å². The average Bonchev–Trinajstić information content (AvgIpc) is 2.22. The van der Waals surface area contributed by atoms with Gasteiger partial charge in [0, 0.05) is 4.90 Å². The zero-order valence-electron chi connectivity index (χ0n) is 4.93. The summed E-state index contributed by atoms with van der Waals surface area (Å²) in [6.45, 7) is 0. The van der Waals surface area contributed by atoms with E-state index < -0.39 is 0 Å². The lowest BCUT2D eigenvalue weighted by Crippen LogP contribution is -1.92. The third kappa shape index (κ3) is 0.541. The third-order valence-corrected chi connectivity index (χ3v) is 4.40. The highest BCUT2D eigenvalue weighted by Gasteiger charge is 2.59. The lowest BCUT2D eigenvalue weighted by atomic mass is 10.2. The molecule has 4 unspecified atom stereocenters. The second-order valence-electron chi connectivity index (χ2n) is 3.14. The molecule has 0 aliphatic heterocycles. The van der Waals surface area contributed by atoms with Crippen LogP contribution in [0.1, 0.15) is 19.3 Å². The molecule has 2 saturated carbocycles. The fraction of sp³-hybridized carbons (Fsp3) is 1.00. The van der Waals surface area contributed by atoms with Crippen molar-refractivity contribution in [2.24, 2.45) is 11.8 Å². The van der Waals surface area contributed by atoms with Gasteiger partial charge in [-0.25, -0.2) is 0 Å². The van der Waals surface area contributed by atoms with Gasteiger partial charge in [-0.05, 0) is 24.7 Å². The highest BCUT2D eigenvalue weighted by molar-refractivity contribution is 7.40. The molecule has 46 valence electrons. The quantitative estimate of drug-likeness (QED) is 0.457. The van der Waals surface area contributed by atoms with Crippen LogP contribution in [0, 0.1) is 11.8 Å². The van der Waals surface area contributed by atoms with Crippen LogP contribution in [0.15, 0.2) is 0 Å². The van der Waals surface area contributed by atoms with Crippen LogP contribution in [-0.4, -0.2) is 4.90 Å². The van der Waals surface area contributed by atoms with Gasteiger partial charge in [0.25, 0.3) is 0 Å². The first-order chi connectivity index (χ1) is 3.73. The van der Waals surface area contributed by atoms with Crippen LogP contribution in [-0.2, 0) is 0 Å². The second kappa shape index (κ2) is 1.47. The average molecular weight is 146 g/mol. The second-order valence-corrected chi connectivity index (χ2v) is 5.81. The summed E-state index contributed by atoms with van der Waals surface area (Å²) in [7, 11) is 5.93. The smallest absolute Gasteiger partial charge is 0.00550 e. The molecule has 0 aromatic rings. The molecule has 2 fully saturated rings. The monoisotopic (exact) mass is 146 g/mol. The van der Waals surface area contributed by atoms with Crippen molar-refractivity contribution < 1.29 is 0 Å². The maximum absolute atomic E-state index is 2.96. The van der Waals surface area contributed by atoms with E-state index in [0.29, 0.717) is 4.90 Å². The molecule has 0 heterocycles. The fourth-order valence-corrected chi connectivity index (χ4v) is 3.45. The van der Waals surface area contributed by atoms with Crippen LogP contribution < -0.4 is 0 Å². The lowest BCUT2D eigenvalue weighted by molar-refractivity contribution is 0.724. The van der Waals surface area contributed by atoms with Gasteiger partial charge >= 0.3 is 0 Å². The summed E-state index contributed by atoms with van der Waals surface area (Å²) >= 11 is 0. The summed E-state index contributed by atoms with van der Waals surface area (Å²) in [4.78, 5) is 0.595. The van der Waals surface area contributed by atoms with E-state index in [4.69, 9.17) is 0 Å².